The summed E-state index contributed by atoms with van der Waals surface area (Å²) in [5.74, 6) is 0.640. The highest BCUT2D eigenvalue weighted by atomic mass is 79.9. The molecule has 1 heterocycles. The van der Waals surface area contributed by atoms with E-state index in [1.165, 1.54) is 0 Å². The maximum atomic E-state index is 9.79. The standard InChI is InChI=1S/C15H22BrNO3/c1-15(3-5-20-6-4-15)10-17-9-11-7-12(16)14(18)13(8-11)19-2/h7-8,17-18H,3-6,9-10H2,1-2H3. The van der Waals surface area contributed by atoms with Crippen molar-refractivity contribution in [3.05, 3.63) is 22.2 Å². The van der Waals surface area contributed by atoms with Gasteiger partial charge in [-0.15, -0.1) is 0 Å². The topological polar surface area (TPSA) is 50.7 Å². The lowest BCUT2D eigenvalue weighted by Crippen LogP contribution is -2.36. The molecule has 0 saturated carbocycles. The van der Waals surface area contributed by atoms with E-state index in [2.05, 4.69) is 28.2 Å². The summed E-state index contributed by atoms with van der Waals surface area (Å²) < 4.78 is 11.2. The Morgan fingerprint density at radius 3 is 2.75 bits per heavy atom. The largest absolute Gasteiger partial charge is 0.503 e. The number of hydrogen-bond acceptors (Lipinski definition) is 4. The van der Waals surface area contributed by atoms with Gasteiger partial charge in [0.25, 0.3) is 0 Å². The lowest BCUT2D eigenvalue weighted by atomic mass is 9.82. The minimum Gasteiger partial charge on any atom is -0.503 e. The van der Waals surface area contributed by atoms with Crippen molar-refractivity contribution in [3.63, 3.8) is 0 Å². The molecule has 1 aliphatic rings. The molecule has 1 fully saturated rings. The zero-order valence-corrected chi connectivity index (χ0v) is 13.6. The number of nitrogens with one attached hydrogen (secondary N) is 1. The van der Waals surface area contributed by atoms with E-state index in [0.29, 0.717) is 15.6 Å². The first-order valence-electron chi connectivity index (χ1n) is 6.88. The fourth-order valence-corrected chi connectivity index (χ4v) is 2.92. The monoisotopic (exact) mass is 343 g/mol. The second-order valence-corrected chi connectivity index (χ2v) is 6.51. The summed E-state index contributed by atoms with van der Waals surface area (Å²) in [7, 11) is 1.56. The van der Waals surface area contributed by atoms with Gasteiger partial charge in [-0.3, -0.25) is 0 Å². The van der Waals surface area contributed by atoms with Crippen LogP contribution in [0.25, 0.3) is 0 Å². The molecule has 0 spiro atoms. The molecule has 4 nitrogen and oxygen atoms in total. The van der Waals surface area contributed by atoms with Gasteiger partial charge in [-0.2, -0.15) is 0 Å². The molecule has 112 valence electrons. The molecule has 0 unspecified atom stereocenters. The van der Waals surface area contributed by atoms with E-state index in [-0.39, 0.29) is 5.75 Å². The molecule has 2 rings (SSSR count). The molecule has 20 heavy (non-hydrogen) atoms. The summed E-state index contributed by atoms with van der Waals surface area (Å²) in [5, 5.41) is 13.3. The minimum absolute atomic E-state index is 0.146. The first-order valence-corrected chi connectivity index (χ1v) is 7.67. The molecule has 0 amide bonds. The van der Waals surface area contributed by atoms with Crippen LogP contribution in [-0.2, 0) is 11.3 Å². The quantitative estimate of drug-likeness (QED) is 0.862. The van der Waals surface area contributed by atoms with Gasteiger partial charge in [0, 0.05) is 26.3 Å². The highest BCUT2D eigenvalue weighted by Crippen LogP contribution is 2.35. The summed E-state index contributed by atoms with van der Waals surface area (Å²) >= 11 is 3.34. The predicted octanol–water partition coefficient (Wildman–Crippen LogP) is 3.07. The van der Waals surface area contributed by atoms with Gasteiger partial charge in [0.2, 0.25) is 0 Å². The SMILES string of the molecule is COc1cc(CNCC2(C)CCOCC2)cc(Br)c1O. The van der Waals surface area contributed by atoms with Crippen LogP contribution in [0, 0.1) is 5.41 Å². The first kappa shape index (κ1) is 15.6. The summed E-state index contributed by atoms with van der Waals surface area (Å²) in [6, 6.07) is 3.77. The summed E-state index contributed by atoms with van der Waals surface area (Å²) in [5.41, 5.74) is 1.40. The number of methoxy groups -OCH3 is 1. The van der Waals surface area contributed by atoms with Gasteiger partial charge in [-0.1, -0.05) is 6.92 Å². The summed E-state index contributed by atoms with van der Waals surface area (Å²) in [6.45, 7) is 5.74. The van der Waals surface area contributed by atoms with Crippen LogP contribution in [-0.4, -0.2) is 32.0 Å². The molecular weight excluding hydrogens is 322 g/mol. The van der Waals surface area contributed by atoms with E-state index in [4.69, 9.17) is 9.47 Å². The third-order valence-electron chi connectivity index (χ3n) is 3.89. The third-order valence-corrected chi connectivity index (χ3v) is 4.49. The van der Waals surface area contributed by atoms with Gasteiger partial charge in [0.15, 0.2) is 11.5 Å². The number of hydrogen-bond donors (Lipinski definition) is 2. The van der Waals surface area contributed by atoms with Crippen LogP contribution in [0.5, 0.6) is 11.5 Å². The number of rotatable bonds is 5. The Morgan fingerprint density at radius 1 is 1.40 bits per heavy atom. The fraction of sp³-hybridized carbons (Fsp3) is 0.600. The van der Waals surface area contributed by atoms with Crippen molar-refractivity contribution in [1.29, 1.82) is 0 Å². The summed E-state index contributed by atoms with van der Waals surface area (Å²) in [6.07, 6.45) is 2.20. The zero-order valence-electron chi connectivity index (χ0n) is 12.0. The Balaban J connectivity index is 1.92. The van der Waals surface area contributed by atoms with E-state index in [0.717, 1.165) is 44.7 Å². The second kappa shape index (κ2) is 6.78. The van der Waals surface area contributed by atoms with Gasteiger partial charge < -0.3 is 19.9 Å². The van der Waals surface area contributed by atoms with Crippen LogP contribution in [0.15, 0.2) is 16.6 Å². The van der Waals surface area contributed by atoms with Gasteiger partial charge >= 0.3 is 0 Å². The Kier molecular flexibility index (Phi) is 5.29. The molecule has 0 radical (unpaired) electrons. The Hall–Kier alpha value is -0.780. The number of phenols is 1. The molecule has 1 saturated heterocycles. The molecule has 0 atom stereocenters. The van der Waals surface area contributed by atoms with Crippen molar-refractivity contribution < 1.29 is 14.6 Å². The Labute approximate surface area is 128 Å². The highest BCUT2D eigenvalue weighted by Gasteiger charge is 2.26. The van der Waals surface area contributed by atoms with E-state index >= 15 is 0 Å². The molecule has 0 aromatic heterocycles. The molecule has 1 aromatic carbocycles. The molecule has 0 bridgehead atoms. The van der Waals surface area contributed by atoms with Crippen LogP contribution in [0.4, 0.5) is 0 Å². The number of aromatic hydroxyl groups is 1. The first-order chi connectivity index (χ1) is 9.54. The zero-order chi connectivity index (χ0) is 14.6. The summed E-state index contributed by atoms with van der Waals surface area (Å²) in [4.78, 5) is 0. The lowest BCUT2D eigenvalue weighted by Gasteiger charge is -2.33. The number of halogens is 1. The maximum absolute atomic E-state index is 9.79. The third kappa shape index (κ3) is 3.87. The fourth-order valence-electron chi connectivity index (χ4n) is 2.43. The molecule has 1 aliphatic heterocycles. The average molecular weight is 344 g/mol. The van der Waals surface area contributed by atoms with Crippen LogP contribution >= 0.6 is 15.9 Å². The lowest BCUT2D eigenvalue weighted by molar-refractivity contribution is 0.0240. The molecule has 2 N–H and O–H groups in total. The van der Waals surface area contributed by atoms with Crippen LogP contribution in [0.3, 0.4) is 0 Å². The predicted molar refractivity (Wildman–Crippen MR) is 82.2 cm³/mol. The molecular formula is C15H22BrNO3. The van der Waals surface area contributed by atoms with Crippen molar-refractivity contribution >= 4 is 15.9 Å². The van der Waals surface area contributed by atoms with Crippen LogP contribution in [0.1, 0.15) is 25.3 Å². The highest BCUT2D eigenvalue weighted by molar-refractivity contribution is 9.10. The van der Waals surface area contributed by atoms with E-state index in [9.17, 15) is 5.11 Å². The Morgan fingerprint density at radius 2 is 2.10 bits per heavy atom. The Bertz CT molecular complexity index is 459. The van der Waals surface area contributed by atoms with Crippen molar-refractivity contribution in [1.82, 2.24) is 5.32 Å². The van der Waals surface area contributed by atoms with Gasteiger partial charge in [0.05, 0.1) is 11.6 Å². The number of ether oxygens (including phenoxy) is 2. The molecule has 5 heteroatoms. The number of benzene rings is 1. The van der Waals surface area contributed by atoms with Crippen molar-refractivity contribution in [3.8, 4) is 11.5 Å². The maximum Gasteiger partial charge on any atom is 0.172 e. The van der Waals surface area contributed by atoms with Crippen molar-refractivity contribution in [2.75, 3.05) is 26.9 Å². The second-order valence-electron chi connectivity index (χ2n) is 5.66. The number of phenolic OH excluding ortho intramolecular Hbond substituents is 1. The van der Waals surface area contributed by atoms with Crippen LogP contribution < -0.4 is 10.1 Å². The van der Waals surface area contributed by atoms with Crippen molar-refractivity contribution in [2.24, 2.45) is 5.41 Å². The van der Waals surface area contributed by atoms with Crippen LogP contribution in [0.2, 0.25) is 0 Å². The normalized spacial score (nSPS) is 17.9. The van der Waals surface area contributed by atoms with Gasteiger partial charge in [-0.05, 0) is 51.9 Å². The van der Waals surface area contributed by atoms with Gasteiger partial charge in [0.1, 0.15) is 0 Å². The molecule has 0 aliphatic carbocycles. The van der Waals surface area contributed by atoms with E-state index in [1.54, 1.807) is 7.11 Å². The van der Waals surface area contributed by atoms with E-state index in [1.807, 2.05) is 12.1 Å². The average Bonchev–Trinajstić information content (AvgIpc) is 2.43. The van der Waals surface area contributed by atoms with Crippen molar-refractivity contribution in [2.45, 2.75) is 26.3 Å². The van der Waals surface area contributed by atoms with E-state index < -0.39 is 0 Å². The molecule has 1 aromatic rings. The smallest absolute Gasteiger partial charge is 0.172 e. The van der Waals surface area contributed by atoms with Gasteiger partial charge in [-0.25, -0.2) is 0 Å². The minimum atomic E-state index is 0.146.